The molecule has 16 heavy (non-hydrogen) atoms. The Morgan fingerprint density at radius 3 is 2.62 bits per heavy atom. The largest absolute Gasteiger partial charge is 0.467 e. The molecule has 1 aliphatic rings. The Labute approximate surface area is 106 Å². The monoisotopic (exact) mass is 236 g/mol. The first-order chi connectivity index (χ1) is 9.98. The summed E-state index contributed by atoms with van der Waals surface area (Å²) in [6.07, 6.45) is -8.30. The van der Waals surface area contributed by atoms with E-state index >= 15 is 0 Å². The van der Waals surface area contributed by atoms with Crippen molar-refractivity contribution >= 4 is 12.1 Å². The molecular weight excluding hydrogens is 210 g/mol. The molecule has 0 unspecified atom stereocenters. The van der Waals surface area contributed by atoms with Crippen molar-refractivity contribution < 1.29 is 28.7 Å². The standard InChI is InChI=1S/C11H19NO4/c1-11(2,3)16-10(14)12-7-5-6-8(12)9(13)15-4/h8H,5-7H2,1-4H3/t8-/m0/s1/i5D2,6D2,7D2,8D. The highest BCUT2D eigenvalue weighted by Gasteiger charge is 2.37. The number of carbonyl (C=O) groups is 2. The van der Waals surface area contributed by atoms with Gasteiger partial charge in [0.05, 0.1) is 8.48 Å². The van der Waals surface area contributed by atoms with Gasteiger partial charge in [0.1, 0.15) is 11.6 Å². The van der Waals surface area contributed by atoms with Crippen molar-refractivity contribution in [3.63, 3.8) is 0 Å². The molecule has 1 aliphatic heterocycles. The smallest absolute Gasteiger partial charge is 0.411 e. The van der Waals surface area contributed by atoms with Gasteiger partial charge in [-0.1, -0.05) is 0 Å². The Morgan fingerprint density at radius 2 is 2.12 bits per heavy atom. The zero-order valence-electron chi connectivity index (χ0n) is 16.6. The molecule has 0 aromatic carbocycles. The summed E-state index contributed by atoms with van der Waals surface area (Å²) in [5.41, 5.74) is -1.13. The summed E-state index contributed by atoms with van der Waals surface area (Å²) in [5, 5.41) is 0. The van der Waals surface area contributed by atoms with Crippen molar-refractivity contribution in [1.29, 1.82) is 0 Å². The minimum absolute atomic E-state index is 0.170. The summed E-state index contributed by atoms with van der Waals surface area (Å²) in [5.74, 6) is -1.61. The van der Waals surface area contributed by atoms with Crippen molar-refractivity contribution in [3.8, 4) is 0 Å². The van der Waals surface area contributed by atoms with Gasteiger partial charge in [-0.15, -0.1) is 0 Å². The molecule has 0 spiro atoms. The van der Waals surface area contributed by atoms with E-state index in [1.807, 2.05) is 0 Å². The van der Waals surface area contributed by atoms with Crippen LogP contribution in [0.5, 0.6) is 0 Å². The van der Waals surface area contributed by atoms with Crippen LogP contribution in [0.4, 0.5) is 4.79 Å². The van der Waals surface area contributed by atoms with Crippen LogP contribution in [0.15, 0.2) is 0 Å². The number of hydrogen-bond donors (Lipinski definition) is 0. The van der Waals surface area contributed by atoms with Gasteiger partial charge in [-0.05, 0) is 33.5 Å². The second-order valence-electron chi connectivity index (χ2n) is 4.02. The minimum Gasteiger partial charge on any atom is -0.467 e. The molecule has 92 valence electrons. The normalized spacial score (nSPS) is 41.2. The van der Waals surface area contributed by atoms with Crippen molar-refractivity contribution in [2.24, 2.45) is 0 Å². The van der Waals surface area contributed by atoms with Crippen LogP contribution in [0.1, 0.15) is 43.1 Å². The van der Waals surface area contributed by atoms with Crippen molar-refractivity contribution in [3.05, 3.63) is 0 Å². The second-order valence-corrected chi connectivity index (χ2v) is 4.02. The number of rotatable bonds is 1. The van der Waals surface area contributed by atoms with Gasteiger partial charge in [0.2, 0.25) is 0 Å². The number of esters is 1. The molecule has 1 heterocycles. The highest BCUT2D eigenvalue weighted by atomic mass is 16.6. The summed E-state index contributed by atoms with van der Waals surface area (Å²) in [4.78, 5) is 24.1. The number of methoxy groups -OCH3 is 1. The predicted octanol–water partition coefficient (Wildman–Crippen LogP) is 1.56. The molecule has 0 saturated carbocycles. The van der Waals surface area contributed by atoms with E-state index in [4.69, 9.17) is 14.3 Å². The van der Waals surface area contributed by atoms with E-state index < -0.39 is 42.9 Å². The maximum atomic E-state index is 12.3. The first-order valence-electron chi connectivity index (χ1n) is 8.10. The van der Waals surface area contributed by atoms with Gasteiger partial charge in [0.25, 0.3) is 0 Å². The maximum absolute atomic E-state index is 12.3. The molecule has 1 rings (SSSR count). The SMILES string of the molecule is [2H]C1([2H])N(C(=O)OC(C)(C)C)[C@]([2H])(C(=O)OC)C([2H])([2H])C1([2H])[2H]. The van der Waals surface area contributed by atoms with Gasteiger partial charge in [0, 0.05) is 14.7 Å². The zero-order chi connectivity index (χ0) is 18.6. The number of ether oxygens (including phenoxy) is 2. The maximum Gasteiger partial charge on any atom is 0.411 e. The van der Waals surface area contributed by atoms with Crippen molar-refractivity contribution in [2.75, 3.05) is 13.6 Å². The summed E-state index contributed by atoms with van der Waals surface area (Å²) >= 11 is 0. The third kappa shape index (κ3) is 3.12. The molecule has 0 aromatic rings. The lowest BCUT2D eigenvalue weighted by molar-refractivity contribution is -0.145. The second kappa shape index (κ2) is 4.72. The van der Waals surface area contributed by atoms with E-state index in [2.05, 4.69) is 4.74 Å². The zero-order valence-corrected chi connectivity index (χ0v) is 9.58. The van der Waals surface area contributed by atoms with E-state index in [1.54, 1.807) is 0 Å². The van der Waals surface area contributed by atoms with Crippen LogP contribution in [-0.2, 0) is 14.3 Å². The number of hydrogen-bond acceptors (Lipinski definition) is 4. The summed E-state index contributed by atoms with van der Waals surface area (Å²) < 4.78 is 64.0. The first-order valence-corrected chi connectivity index (χ1v) is 4.60. The fourth-order valence-electron chi connectivity index (χ4n) is 0.938. The molecule has 0 bridgehead atoms. The Morgan fingerprint density at radius 1 is 1.50 bits per heavy atom. The molecule has 0 aliphatic carbocycles. The van der Waals surface area contributed by atoms with Crippen LogP contribution < -0.4 is 0 Å². The number of nitrogens with zero attached hydrogens (tertiary/aromatic N) is 1. The van der Waals surface area contributed by atoms with Crippen molar-refractivity contribution in [2.45, 2.75) is 45.1 Å². The fraction of sp³-hybridized carbons (Fsp3) is 0.818. The lowest BCUT2D eigenvalue weighted by Gasteiger charge is -2.27. The van der Waals surface area contributed by atoms with Crippen LogP contribution in [-0.4, -0.2) is 42.2 Å². The van der Waals surface area contributed by atoms with Crippen LogP contribution in [0, 0.1) is 0 Å². The van der Waals surface area contributed by atoms with Gasteiger partial charge in [0.15, 0.2) is 0 Å². The molecule has 1 fully saturated rings. The van der Waals surface area contributed by atoms with Crippen LogP contribution >= 0.6 is 0 Å². The number of amides is 1. The van der Waals surface area contributed by atoms with Crippen LogP contribution in [0.25, 0.3) is 0 Å². The topological polar surface area (TPSA) is 55.8 Å². The predicted molar refractivity (Wildman–Crippen MR) is 58.0 cm³/mol. The molecule has 0 radical (unpaired) electrons. The third-order valence-electron chi connectivity index (χ3n) is 1.53. The molecule has 0 N–H and O–H groups in total. The third-order valence-corrected chi connectivity index (χ3v) is 1.53. The quantitative estimate of drug-likeness (QED) is 0.648. The van der Waals surface area contributed by atoms with Crippen LogP contribution in [0.2, 0.25) is 0 Å². The molecule has 1 atom stereocenters. The summed E-state index contributed by atoms with van der Waals surface area (Å²) in [7, 11) is 0.825. The van der Waals surface area contributed by atoms with Gasteiger partial charge in [-0.25, -0.2) is 9.59 Å². The number of likely N-dealkylation sites (tertiary alicyclic amines) is 1. The van der Waals surface area contributed by atoms with Crippen LogP contribution in [0.3, 0.4) is 0 Å². The van der Waals surface area contributed by atoms with Gasteiger partial charge in [-0.3, -0.25) is 4.90 Å². The fourth-order valence-corrected chi connectivity index (χ4v) is 0.938. The molecule has 5 nitrogen and oxygen atoms in total. The van der Waals surface area contributed by atoms with Crippen molar-refractivity contribution in [1.82, 2.24) is 4.90 Å². The Kier molecular flexibility index (Phi) is 1.74. The van der Waals surface area contributed by atoms with E-state index in [0.29, 0.717) is 0 Å². The number of carbonyl (C=O) groups excluding carboxylic acids is 2. The van der Waals surface area contributed by atoms with Gasteiger partial charge < -0.3 is 9.47 Å². The highest BCUT2D eigenvalue weighted by molar-refractivity contribution is 5.82. The first kappa shape index (κ1) is 5.89. The average molecular weight is 236 g/mol. The molecule has 1 saturated heterocycles. The van der Waals surface area contributed by atoms with E-state index in [1.165, 1.54) is 20.8 Å². The van der Waals surface area contributed by atoms with E-state index in [0.717, 1.165) is 7.11 Å². The Hall–Kier alpha value is -1.26. The molecular formula is C11H19NO4. The minimum atomic E-state index is -3.40. The summed E-state index contributed by atoms with van der Waals surface area (Å²) in [6, 6.07) is -3.29. The lowest BCUT2D eigenvalue weighted by Crippen LogP contribution is -2.43. The average Bonchev–Trinajstić information content (AvgIpc) is 2.41. The van der Waals surface area contributed by atoms with E-state index in [9.17, 15) is 9.59 Å². The highest BCUT2D eigenvalue weighted by Crippen LogP contribution is 2.21. The molecule has 5 heteroatoms. The Bertz CT molecular complexity index is 531. The molecule has 0 aromatic heterocycles. The van der Waals surface area contributed by atoms with Gasteiger partial charge in [-0.2, -0.15) is 0 Å². The van der Waals surface area contributed by atoms with Gasteiger partial charge >= 0.3 is 12.1 Å². The summed E-state index contributed by atoms with van der Waals surface area (Å²) in [6.45, 7) is 1.02. The Balaban J connectivity index is 3.61. The molecule has 1 amide bonds. The lowest BCUT2D eigenvalue weighted by atomic mass is 10.2. The van der Waals surface area contributed by atoms with E-state index in [-0.39, 0.29) is 4.90 Å².